The molecule has 0 aliphatic rings. The van der Waals surface area contributed by atoms with E-state index in [1.807, 2.05) is 0 Å². The number of rotatable bonds is 7. The summed E-state index contributed by atoms with van der Waals surface area (Å²) in [5, 5.41) is 11.7. The van der Waals surface area contributed by atoms with Crippen LogP contribution in [-0.4, -0.2) is 31.9 Å². The number of primary amides is 1. The van der Waals surface area contributed by atoms with E-state index in [2.05, 4.69) is 20.3 Å². The van der Waals surface area contributed by atoms with Crippen LogP contribution in [0, 0.1) is 0 Å². The van der Waals surface area contributed by atoms with Crippen LogP contribution in [0.15, 0.2) is 49.1 Å². The Labute approximate surface area is 174 Å². The number of amides is 1. The van der Waals surface area contributed by atoms with Gasteiger partial charge in [0, 0.05) is 54.7 Å². The molecule has 3 aromatic heterocycles. The molecule has 0 atom stereocenters. The highest BCUT2D eigenvalue weighted by molar-refractivity contribution is 5.98. The molecule has 4 N–H and O–H groups in total. The molecule has 31 heavy (non-hydrogen) atoms. The van der Waals surface area contributed by atoms with Crippen molar-refractivity contribution in [2.24, 2.45) is 5.73 Å². The summed E-state index contributed by atoms with van der Waals surface area (Å²) < 4.78 is 39.5. The summed E-state index contributed by atoms with van der Waals surface area (Å²) in [7, 11) is 0. The molecular formula is C20H16F3N5O3. The molecule has 3 heterocycles. The van der Waals surface area contributed by atoms with Gasteiger partial charge in [-0.15, -0.1) is 0 Å². The summed E-state index contributed by atoms with van der Waals surface area (Å²) in [5.74, 6) is -1.91. The van der Waals surface area contributed by atoms with Crippen molar-refractivity contribution in [1.82, 2.24) is 15.0 Å². The monoisotopic (exact) mass is 431 g/mol. The summed E-state index contributed by atoms with van der Waals surface area (Å²) in [4.78, 5) is 34.5. The molecule has 3 aromatic rings. The second-order valence-electron chi connectivity index (χ2n) is 6.49. The normalized spacial score (nSPS) is 11.2. The van der Waals surface area contributed by atoms with Crippen LogP contribution >= 0.6 is 0 Å². The van der Waals surface area contributed by atoms with E-state index < -0.39 is 23.6 Å². The van der Waals surface area contributed by atoms with Gasteiger partial charge in [0.1, 0.15) is 0 Å². The molecule has 0 radical (unpaired) electrons. The highest BCUT2D eigenvalue weighted by Gasteiger charge is 2.33. The Morgan fingerprint density at radius 2 is 1.81 bits per heavy atom. The molecule has 3 rings (SSSR count). The third-order valence-electron chi connectivity index (χ3n) is 4.34. The van der Waals surface area contributed by atoms with Gasteiger partial charge < -0.3 is 16.2 Å². The van der Waals surface area contributed by atoms with Crippen molar-refractivity contribution in [3.8, 4) is 0 Å². The third kappa shape index (κ3) is 5.32. The van der Waals surface area contributed by atoms with Crippen molar-refractivity contribution in [2.45, 2.75) is 19.1 Å². The molecule has 0 unspecified atom stereocenters. The predicted molar refractivity (Wildman–Crippen MR) is 103 cm³/mol. The van der Waals surface area contributed by atoms with Crippen molar-refractivity contribution >= 4 is 17.6 Å². The maximum absolute atomic E-state index is 13.2. The van der Waals surface area contributed by atoms with E-state index >= 15 is 0 Å². The van der Waals surface area contributed by atoms with E-state index in [1.54, 1.807) is 0 Å². The smallest absolute Gasteiger partial charge is 0.416 e. The summed E-state index contributed by atoms with van der Waals surface area (Å²) >= 11 is 0. The molecule has 0 aromatic carbocycles. The number of halogens is 3. The number of aromatic carboxylic acids is 1. The maximum Gasteiger partial charge on any atom is 0.416 e. The van der Waals surface area contributed by atoms with Crippen LogP contribution in [0.2, 0.25) is 0 Å². The second-order valence-corrected chi connectivity index (χ2v) is 6.49. The minimum Gasteiger partial charge on any atom is -0.478 e. The summed E-state index contributed by atoms with van der Waals surface area (Å²) in [6.45, 7) is -0.252. The largest absolute Gasteiger partial charge is 0.478 e. The Bertz CT molecular complexity index is 1120. The number of nitrogens with zero attached hydrogens (tertiary/aromatic N) is 3. The van der Waals surface area contributed by atoms with Crippen molar-refractivity contribution < 1.29 is 27.9 Å². The van der Waals surface area contributed by atoms with Crippen molar-refractivity contribution in [1.29, 1.82) is 0 Å². The summed E-state index contributed by atoms with van der Waals surface area (Å²) in [6.07, 6.45) is 0.220. The number of nitrogens with one attached hydrogen (secondary N) is 1. The maximum atomic E-state index is 13.2. The Balaban J connectivity index is 1.84. The van der Waals surface area contributed by atoms with Gasteiger partial charge in [-0.3, -0.25) is 19.7 Å². The van der Waals surface area contributed by atoms with Crippen LogP contribution in [0.4, 0.5) is 18.9 Å². The molecule has 0 saturated carbocycles. The molecule has 0 spiro atoms. The molecule has 8 nitrogen and oxygen atoms in total. The predicted octanol–water partition coefficient (Wildman–Crippen LogP) is 2.89. The first-order valence-electron chi connectivity index (χ1n) is 8.86. The molecule has 160 valence electrons. The highest BCUT2D eigenvalue weighted by Crippen LogP contribution is 2.32. The lowest BCUT2D eigenvalue weighted by atomic mass is 10.1. The fraction of sp³-hybridized carbons (Fsp3) is 0.150. The Hall–Kier alpha value is -4.02. The fourth-order valence-corrected chi connectivity index (χ4v) is 2.81. The number of carboxylic acid groups (broad SMARTS) is 1. The molecule has 1 amide bonds. The molecule has 0 aliphatic carbocycles. The van der Waals surface area contributed by atoms with Crippen LogP contribution in [0.25, 0.3) is 0 Å². The van der Waals surface area contributed by atoms with E-state index in [0.29, 0.717) is 11.4 Å². The number of anilines is 1. The second kappa shape index (κ2) is 8.78. The third-order valence-corrected chi connectivity index (χ3v) is 4.34. The van der Waals surface area contributed by atoms with Crippen molar-refractivity contribution in [3.05, 3.63) is 82.7 Å². The van der Waals surface area contributed by atoms with Crippen LogP contribution in [0.1, 0.15) is 43.2 Å². The number of carbonyl (C=O) groups excluding carboxylic acids is 1. The average Bonchev–Trinajstić information content (AvgIpc) is 2.72. The SMILES string of the molecule is NC(=O)c1cnc(Cc2ccc(C(=O)O)cn2)cc1NCc1cnccc1C(F)(F)F. The van der Waals surface area contributed by atoms with E-state index in [-0.39, 0.29) is 35.3 Å². The van der Waals surface area contributed by atoms with E-state index in [9.17, 15) is 22.8 Å². The van der Waals surface area contributed by atoms with Gasteiger partial charge in [0.2, 0.25) is 0 Å². The van der Waals surface area contributed by atoms with E-state index in [0.717, 1.165) is 18.5 Å². The Morgan fingerprint density at radius 3 is 2.42 bits per heavy atom. The molecule has 0 aliphatic heterocycles. The average molecular weight is 431 g/mol. The highest BCUT2D eigenvalue weighted by atomic mass is 19.4. The number of alkyl halides is 3. The van der Waals surface area contributed by atoms with Gasteiger partial charge in [-0.25, -0.2) is 4.79 Å². The standard InChI is InChI=1S/C20H16F3N5O3/c21-20(22,23)16-3-4-25-7-12(16)9-28-17-6-14(27-10-15(17)18(24)29)5-13-2-1-11(8-26-13)19(30)31/h1-4,6-8,10H,5,9H2,(H2,24,29)(H,27,28)(H,30,31). The lowest BCUT2D eigenvalue weighted by Crippen LogP contribution is -2.17. The number of carbonyl (C=O) groups is 2. The zero-order valence-corrected chi connectivity index (χ0v) is 15.8. The topological polar surface area (TPSA) is 131 Å². The van der Waals surface area contributed by atoms with E-state index in [4.69, 9.17) is 10.8 Å². The molecule has 0 bridgehead atoms. The van der Waals surface area contributed by atoms with Gasteiger partial charge in [-0.1, -0.05) is 0 Å². The van der Waals surface area contributed by atoms with Crippen LogP contribution in [0.3, 0.4) is 0 Å². The van der Waals surface area contributed by atoms with Crippen LogP contribution in [-0.2, 0) is 19.1 Å². The molecule has 0 fully saturated rings. The van der Waals surface area contributed by atoms with Gasteiger partial charge in [-0.05, 0) is 24.3 Å². The zero-order valence-electron chi connectivity index (χ0n) is 15.8. The van der Waals surface area contributed by atoms with Gasteiger partial charge >= 0.3 is 12.1 Å². The Morgan fingerprint density at radius 1 is 1.06 bits per heavy atom. The van der Waals surface area contributed by atoms with Crippen molar-refractivity contribution in [3.63, 3.8) is 0 Å². The molecule has 0 saturated heterocycles. The number of pyridine rings is 3. The minimum absolute atomic E-state index is 0.00961. The number of carboxylic acids is 1. The number of hydrogen-bond donors (Lipinski definition) is 3. The number of aromatic nitrogens is 3. The first-order chi connectivity index (χ1) is 14.6. The van der Waals surface area contributed by atoms with Gasteiger partial charge in [-0.2, -0.15) is 13.2 Å². The van der Waals surface area contributed by atoms with Gasteiger partial charge in [0.15, 0.2) is 0 Å². The Kier molecular flexibility index (Phi) is 6.14. The summed E-state index contributed by atoms with van der Waals surface area (Å²) in [6, 6.07) is 5.26. The fourth-order valence-electron chi connectivity index (χ4n) is 2.81. The minimum atomic E-state index is -4.55. The lowest BCUT2D eigenvalue weighted by molar-refractivity contribution is -0.138. The zero-order chi connectivity index (χ0) is 22.6. The van der Waals surface area contributed by atoms with Crippen LogP contribution in [0.5, 0.6) is 0 Å². The quantitative estimate of drug-likeness (QED) is 0.524. The lowest BCUT2D eigenvalue weighted by Gasteiger charge is -2.15. The van der Waals surface area contributed by atoms with E-state index in [1.165, 1.54) is 30.6 Å². The summed E-state index contributed by atoms with van der Waals surface area (Å²) in [5.41, 5.74) is 5.62. The first-order valence-corrected chi connectivity index (χ1v) is 8.86. The molecular weight excluding hydrogens is 415 g/mol. The number of hydrogen-bond acceptors (Lipinski definition) is 6. The first kappa shape index (κ1) is 21.7. The van der Waals surface area contributed by atoms with Gasteiger partial charge in [0.25, 0.3) is 5.91 Å². The number of nitrogens with two attached hydrogens (primary N) is 1. The molecule has 11 heteroatoms. The van der Waals surface area contributed by atoms with Crippen LogP contribution < -0.4 is 11.1 Å². The van der Waals surface area contributed by atoms with Gasteiger partial charge in [0.05, 0.1) is 22.4 Å². The van der Waals surface area contributed by atoms with Crippen molar-refractivity contribution in [2.75, 3.05) is 5.32 Å².